The topological polar surface area (TPSA) is 30.5 Å². The first-order valence-electron chi connectivity index (χ1n) is 7.99. The van der Waals surface area contributed by atoms with Crippen molar-refractivity contribution < 1.29 is 9.47 Å². The highest BCUT2D eigenvalue weighted by molar-refractivity contribution is 6.31. The molecule has 1 N–H and O–H groups in total. The van der Waals surface area contributed by atoms with Gasteiger partial charge in [0.05, 0.1) is 13.2 Å². The molecule has 0 fully saturated rings. The first-order valence-corrected chi connectivity index (χ1v) is 8.37. The van der Waals surface area contributed by atoms with Gasteiger partial charge in [0, 0.05) is 23.6 Å². The first-order chi connectivity index (χ1) is 10.2. The van der Waals surface area contributed by atoms with Crippen molar-refractivity contribution in [2.75, 3.05) is 19.8 Å². The van der Waals surface area contributed by atoms with E-state index >= 15 is 0 Å². The molecule has 4 heteroatoms. The maximum absolute atomic E-state index is 6.51. The van der Waals surface area contributed by atoms with Crippen LogP contribution in [0.15, 0.2) is 12.1 Å². The molecule has 2 rings (SSSR count). The second kappa shape index (κ2) is 7.90. The summed E-state index contributed by atoms with van der Waals surface area (Å²) in [7, 11) is 0. The summed E-state index contributed by atoms with van der Waals surface area (Å²) in [5, 5.41) is 4.38. The van der Waals surface area contributed by atoms with Gasteiger partial charge in [0.2, 0.25) is 0 Å². The number of nitrogens with one attached hydrogen (secondary N) is 1. The highest BCUT2D eigenvalue weighted by Gasteiger charge is 2.23. The molecule has 0 saturated heterocycles. The van der Waals surface area contributed by atoms with E-state index in [4.69, 9.17) is 21.1 Å². The minimum Gasteiger partial charge on any atom is -0.490 e. The number of hydrogen-bond acceptors (Lipinski definition) is 3. The van der Waals surface area contributed by atoms with Crippen molar-refractivity contribution in [2.45, 2.75) is 46.1 Å². The zero-order valence-electron chi connectivity index (χ0n) is 13.2. The minimum atomic E-state index is 0.250. The van der Waals surface area contributed by atoms with Gasteiger partial charge in [-0.25, -0.2) is 0 Å². The van der Waals surface area contributed by atoms with Gasteiger partial charge < -0.3 is 14.8 Å². The fourth-order valence-electron chi connectivity index (χ4n) is 2.59. The Morgan fingerprint density at radius 1 is 1.19 bits per heavy atom. The third-order valence-electron chi connectivity index (χ3n) is 4.03. The number of ether oxygens (including phenoxy) is 2. The molecule has 0 saturated carbocycles. The molecule has 0 radical (unpaired) electrons. The van der Waals surface area contributed by atoms with E-state index in [9.17, 15) is 0 Å². The largest absolute Gasteiger partial charge is 0.490 e. The summed E-state index contributed by atoms with van der Waals surface area (Å²) in [5.41, 5.74) is 1.11. The highest BCUT2D eigenvalue weighted by atomic mass is 35.5. The van der Waals surface area contributed by atoms with Crippen molar-refractivity contribution >= 4 is 11.6 Å². The normalized spacial score (nSPS) is 17.1. The van der Waals surface area contributed by atoms with E-state index in [-0.39, 0.29) is 6.04 Å². The van der Waals surface area contributed by atoms with Crippen LogP contribution in [-0.2, 0) is 0 Å². The molecule has 0 aromatic heterocycles. The van der Waals surface area contributed by atoms with Crippen LogP contribution in [0.2, 0.25) is 5.02 Å². The van der Waals surface area contributed by atoms with E-state index < -0.39 is 0 Å². The van der Waals surface area contributed by atoms with Crippen molar-refractivity contribution in [2.24, 2.45) is 5.92 Å². The Hall–Kier alpha value is -0.930. The van der Waals surface area contributed by atoms with Crippen LogP contribution in [0.5, 0.6) is 11.5 Å². The second-order valence-corrected chi connectivity index (χ2v) is 6.10. The summed E-state index contributed by atoms with van der Waals surface area (Å²) in [6.07, 6.45) is 3.12. The Morgan fingerprint density at radius 3 is 2.48 bits per heavy atom. The van der Waals surface area contributed by atoms with Crippen molar-refractivity contribution in [3.8, 4) is 11.5 Å². The van der Waals surface area contributed by atoms with Crippen molar-refractivity contribution in [1.82, 2.24) is 5.32 Å². The molecule has 1 aromatic rings. The Balaban J connectivity index is 2.32. The van der Waals surface area contributed by atoms with Gasteiger partial charge in [0.15, 0.2) is 11.5 Å². The standard InChI is InChI=1S/C17H26ClNO2/c1-4-7-19-17(12(3)5-2)13-10-15-16(11-14(13)18)21-9-6-8-20-15/h10-12,17,19H,4-9H2,1-3H3. The molecule has 0 spiro atoms. The average Bonchev–Trinajstić information content (AvgIpc) is 2.72. The maximum Gasteiger partial charge on any atom is 0.162 e. The SMILES string of the molecule is CCCNC(c1cc2c(cc1Cl)OCCCO2)C(C)CC. The van der Waals surface area contributed by atoms with E-state index in [1.807, 2.05) is 6.07 Å². The fraction of sp³-hybridized carbons (Fsp3) is 0.647. The molecule has 21 heavy (non-hydrogen) atoms. The Bertz CT molecular complexity index is 464. The fourth-order valence-corrected chi connectivity index (χ4v) is 2.86. The number of halogens is 1. The zero-order chi connectivity index (χ0) is 15.2. The summed E-state index contributed by atoms with van der Waals surface area (Å²) in [6.45, 7) is 9.01. The van der Waals surface area contributed by atoms with Crippen LogP contribution < -0.4 is 14.8 Å². The van der Waals surface area contributed by atoms with Gasteiger partial charge in [0.1, 0.15) is 0 Å². The molecule has 118 valence electrons. The smallest absolute Gasteiger partial charge is 0.162 e. The predicted molar refractivity (Wildman–Crippen MR) is 87.5 cm³/mol. The Morgan fingerprint density at radius 2 is 1.86 bits per heavy atom. The van der Waals surface area contributed by atoms with E-state index in [2.05, 4.69) is 32.2 Å². The molecular formula is C17H26ClNO2. The van der Waals surface area contributed by atoms with Crippen LogP contribution >= 0.6 is 11.6 Å². The van der Waals surface area contributed by atoms with Gasteiger partial charge in [-0.3, -0.25) is 0 Å². The van der Waals surface area contributed by atoms with E-state index in [0.717, 1.165) is 47.9 Å². The summed E-state index contributed by atoms with van der Waals surface area (Å²) in [6, 6.07) is 4.21. The van der Waals surface area contributed by atoms with Gasteiger partial charge in [-0.05, 0) is 30.5 Å². The number of fused-ring (bicyclic) bond motifs is 1. The van der Waals surface area contributed by atoms with Gasteiger partial charge >= 0.3 is 0 Å². The molecule has 0 aliphatic carbocycles. The molecule has 2 unspecified atom stereocenters. The summed E-state index contributed by atoms with van der Waals surface area (Å²) < 4.78 is 11.5. The van der Waals surface area contributed by atoms with Crippen LogP contribution in [0.25, 0.3) is 0 Å². The lowest BCUT2D eigenvalue weighted by atomic mass is 9.92. The van der Waals surface area contributed by atoms with Crippen molar-refractivity contribution in [1.29, 1.82) is 0 Å². The van der Waals surface area contributed by atoms with Gasteiger partial charge in [-0.15, -0.1) is 0 Å². The predicted octanol–water partition coefficient (Wildman–Crippen LogP) is 4.59. The molecule has 1 aliphatic heterocycles. The van der Waals surface area contributed by atoms with Crippen molar-refractivity contribution in [3.63, 3.8) is 0 Å². The van der Waals surface area contributed by atoms with Crippen molar-refractivity contribution in [3.05, 3.63) is 22.7 Å². The molecule has 1 aliphatic rings. The van der Waals surface area contributed by atoms with E-state index in [1.165, 1.54) is 0 Å². The lowest BCUT2D eigenvalue weighted by Gasteiger charge is -2.26. The minimum absolute atomic E-state index is 0.250. The quantitative estimate of drug-likeness (QED) is 0.833. The van der Waals surface area contributed by atoms with E-state index in [1.54, 1.807) is 0 Å². The summed E-state index contributed by atoms with van der Waals surface area (Å²) in [5.74, 6) is 2.09. The molecular weight excluding hydrogens is 286 g/mol. The van der Waals surface area contributed by atoms with Crippen LogP contribution in [0.3, 0.4) is 0 Å². The summed E-state index contributed by atoms with van der Waals surface area (Å²) >= 11 is 6.51. The lowest BCUT2D eigenvalue weighted by molar-refractivity contribution is 0.296. The monoisotopic (exact) mass is 311 g/mol. The number of rotatable bonds is 6. The first kappa shape index (κ1) is 16.4. The van der Waals surface area contributed by atoms with Crippen LogP contribution in [0, 0.1) is 5.92 Å². The Labute approximate surface area is 133 Å². The molecule has 3 nitrogen and oxygen atoms in total. The third kappa shape index (κ3) is 4.04. The molecule has 2 atom stereocenters. The molecule has 1 heterocycles. The highest BCUT2D eigenvalue weighted by Crippen LogP contribution is 2.39. The summed E-state index contributed by atoms with van der Waals surface area (Å²) in [4.78, 5) is 0. The zero-order valence-corrected chi connectivity index (χ0v) is 14.0. The third-order valence-corrected chi connectivity index (χ3v) is 4.36. The maximum atomic E-state index is 6.51. The van der Waals surface area contributed by atoms with Gasteiger partial charge in [-0.2, -0.15) is 0 Å². The number of benzene rings is 1. The van der Waals surface area contributed by atoms with Crippen LogP contribution in [-0.4, -0.2) is 19.8 Å². The van der Waals surface area contributed by atoms with Gasteiger partial charge in [-0.1, -0.05) is 38.8 Å². The molecule has 1 aromatic carbocycles. The van der Waals surface area contributed by atoms with Crippen LogP contribution in [0.4, 0.5) is 0 Å². The van der Waals surface area contributed by atoms with Gasteiger partial charge in [0.25, 0.3) is 0 Å². The average molecular weight is 312 g/mol. The Kier molecular flexibility index (Phi) is 6.19. The van der Waals surface area contributed by atoms with E-state index in [0.29, 0.717) is 19.1 Å². The number of hydrogen-bond donors (Lipinski definition) is 1. The molecule has 0 bridgehead atoms. The second-order valence-electron chi connectivity index (χ2n) is 5.69. The molecule has 0 amide bonds. The lowest BCUT2D eigenvalue weighted by Crippen LogP contribution is -2.27. The van der Waals surface area contributed by atoms with Crippen LogP contribution in [0.1, 0.15) is 51.6 Å².